The monoisotopic (exact) mass is 651 g/mol. The number of benzene rings is 4. The van der Waals surface area contributed by atoms with E-state index in [2.05, 4.69) is 129 Å². The van der Waals surface area contributed by atoms with Crippen LogP contribution in [0.4, 0.5) is 0 Å². The first kappa shape index (κ1) is 30.7. The zero-order valence-corrected chi connectivity index (χ0v) is 29.1. The van der Waals surface area contributed by atoms with E-state index < -0.39 is 0 Å². The number of para-hydroxylation sites is 1. The van der Waals surface area contributed by atoms with Gasteiger partial charge >= 0.3 is 0 Å². The summed E-state index contributed by atoms with van der Waals surface area (Å²) in [6.07, 6.45) is 13.7. The molecule has 1 aliphatic heterocycles. The summed E-state index contributed by atoms with van der Waals surface area (Å²) >= 11 is 1.89. The van der Waals surface area contributed by atoms with Gasteiger partial charge in [-0.15, -0.1) is 11.3 Å². The van der Waals surface area contributed by atoms with E-state index in [-0.39, 0.29) is 5.41 Å². The summed E-state index contributed by atoms with van der Waals surface area (Å²) in [6.45, 7) is 16.7. The minimum atomic E-state index is -0.184. The van der Waals surface area contributed by atoms with Gasteiger partial charge in [0.05, 0.1) is 22.6 Å². The summed E-state index contributed by atoms with van der Waals surface area (Å²) in [7, 11) is 0. The van der Waals surface area contributed by atoms with E-state index in [0.717, 1.165) is 33.7 Å². The van der Waals surface area contributed by atoms with Gasteiger partial charge in [-0.3, -0.25) is 0 Å². The SMILES string of the molecule is C=C/C=C\C(=C/C)c1nc(-c2cccc(-c3ccc4c(c3)C(C)(C)c3cccc5c6c7ccccc7sc6n-4c35)c2)nc(C=C)c1/C=C\C. The Morgan fingerprint density at radius 2 is 1.59 bits per heavy atom. The molecule has 0 saturated heterocycles. The van der Waals surface area contributed by atoms with Crippen LogP contribution in [0.2, 0.25) is 0 Å². The highest BCUT2D eigenvalue weighted by Crippen LogP contribution is 2.51. The Hall–Kier alpha value is -5.58. The van der Waals surface area contributed by atoms with Crippen LogP contribution in [0.15, 0.2) is 128 Å². The van der Waals surface area contributed by atoms with Crippen molar-refractivity contribution in [1.82, 2.24) is 14.5 Å². The van der Waals surface area contributed by atoms with E-state index in [0.29, 0.717) is 5.82 Å². The fraction of sp³-hybridized carbons (Fsp3) is 0.111. The molecule has 4 heteroatoms. The summed E-state index contributed by atoms with van der Waals surface area (Å²) in [4.78, 5) is 11.5. The van der Waals surface area contributed by atoms with Gasteiger partial charge in [-0.05, 0) is 72.0 Å². The van der Waals surface area contributed by atoms with Crippen LogP contribution in [-0.2, 0) is 5.41 Å². The Morgan fingerprint density at radius 3 is 2.39 bits per heavy atom. The molecule has 0 radical (unpaired) electrons. The van der Waals surface area contributed by atoms with Crippen molar-refractivity contribution in [2.24, 2.45) is 0 Å². The summed E-state index contributed by atoms with van der Waals surface area (Å²) in [6, 6.07) is 31.2. The standard InChI is InChI=1S/C45H37N3S/c1-7-11-17-28(9-3)41-32(16-8-2)37(10-4)46-43(47-41)31-19-14-18-29(26-31)30-24-25-38-36(27-30)45(5,6)35-22-15-21-34-40-33-20-12-13-23-39(33)49-44(40)48(38)42(34)35/h7-27H,1,4H2,2-3,5-6H3/b16-8-,17-11-,28-9+. The number of hydrogen-bond donors (Lipinski definition) is 0. The molecular formula is C45H37N3S. The van der Waals surface area contributed by atoms with Gasteiger partial charge in [-0.25, -0.2) is 9.97 Å². The van der Waals surface area contributed by atoms with E-state index in [1.165, 1.54) is 53.6 Å². The maximum atomic E-state index is 5.14. The lowest BCUT2D eigenvalue weighted by Crippen LogP contribution is -2.26. The number of fused-ring (bicyclic) bond motifs is 7. The molecule has 238 valence electrons. The number of nitrogens with zero attached hydrogens (tertiary/aromatic N) is 3. The van der Waals surface area contributed by atoms with E-state index in [9.17, 15) is 0 Å². The van der Waals surface area contributed by atoms with Gasteiger partial charge in [-0.1, -0.05) is 124 Å². The summed E-state index contributed by atoms with van der Waals surface area (Å²) < 4.78 is 3.84. The van der Waals surface area contributed by atoms with Gasteiger partial charge in [0.15, 0.2) is 5.82 Å². The van der Waals surface area contributed by atoms with Crippen LogP contribution in [0.1, 0.15) is 55.8 Å². The van der Waals surface area contributed by atoms with Gasteiger partial charge in [-0.2, -0.15) is 0 Å². The van der Waals surface area contributed by atoms with Gasteiger partial charge < -0.3 is 4.57 Å². The molecule has 0 spiro atoms. The highest BCUT2D eigenvalue weighted by molar-refractivity contribution is 7.25. The van der Waals surface area contributed by atoms with Crippen LogP contribution in [-0.4, -0.2) is 14.5 Å². The molecule has 49 heavy (non-hydrogen) atoms. The predicted molar refractivity (Wildman–Crippen MR) is 213 cm³/mol. The fourth-order valence-corrected chi connectivity index (χ4v) is 8.71. The van der Waals surface area contributed by atoms with Crippen molar-refractivity contribution in [2.45, 2.75) is 33.1 Å². The van der Waals surface area contributed by atoms with Crippen LogP contribution in [0.25, 0.3) is 77.1 Å². The second-order valence-electron chi connectivity index (χ2n) is 13.0. The van der Waals surface area contributed by atoms with Gasteiger partial charge in [0.25, 0.3) is 0 Å². The molecule has 0 unspecified atom stereocenters. The first-order chi connectivity index (χ1) is 23.9. The third kappa shape index (κ3) is 4.70. The van der Waals surface area contributed by atoms with Gasteiger partial charge in [0.2, 0.25) is 0 Å². The van der Waals surface area contributed by atoms with E-state index >= 15 is 0 Å². The van der Waals surface area contributed by atoms with Crippen LogP contribution < -0.4 is 0 Å². The van der Waals surface area contributed by atoms with Crippen LogP contribution in [0.5, 0.6) is 0 Å². The summed E-state index contributed by atoms with van der Waals surface area (Å²) in [5.74, 6) is 0.667. The average Bonchev–Trinajstić information content (AvgIpc) is 3.66. The largest absolute Gasteiger partial charge is 0.300 e. The Kier molecular flexibility index (Phi) is 7.42. The lowest BCUT2D eigenvalue weighted by atomic mass is 9.74. The maximum Gasteiger partial charge on any atom is 0.160 e. The number of thiophene rings is 1. The third-order valence-corrected chi connectivity index (χ3v) is 11.0. The van der Waals surface area contributed by atoms with Gasteiger partial charge in [0.1, 0.15) is 4.83 Å². The highest BCUT2D eigenvalue weighted by Gasteiger charge is 2.36. The van der Waals surface area contributed by atoms with Crippen LogP contribution >= 0.6 is 11.3 Å². The molecule has 3 aromatic heterocycles. The zero-order chi connectivity index (χ0) is 33.9. The molecule has 0 aliphatic carbocycles. The molecule has 3 nitrogen and oxygen atoms in total. The number of allylic oxidation sites excluding steroid dienone is 6. The molecule has 8 rings (SSSR count). The third-order valence-electron chi connectivity index (χ3n) is 9.85. The number of hydrogen-bond acceptors (Lipinski definition) is 3. The van der Waals surface area contributed by atoms with Crippen LogP contribution in [0.3, 0.4) is 0 Å². The van der Waals surface area contributed by atoms with Crippen molar-refractivity contribution in [3.63, 3.8) is 0 Å². The van der Waals surface area contributed by atoms with Crippen molar-refractivity contribution in [3.05, 3.63) is 157 Å². The zero-order valence-electron chi connectivity index (χ0n) is 28.3. The van der Waals surface area contributed by atoms with Crippen molar-refractivity contribution >= 4 is 60.3 Å². The minimum absolute atomic E-state index is 0.184. The van der Waals surface area contributed by atoms with Crippen molar-refractivity contribution in [3.8, 4) is 28.2 Å². The first-order valence-electron chi connectivity index (χ1n) is 16.7. The van der Waals surface area contributed by atoms with Crippen molar-refractivity contribution in [1.29, 1.82) is 0 Å². The summed E-state index contributed by atoms with van der Waals surface area (Å²) in [5.41, 5.74) is 11.9. The van der Waals surface area contributed by atoms with Crippen molar-refractivity contribution in [2.75, 3.05) is 0 Å². The maximum absolute atomic E-state index is 5.14. The van der Waals surface area contributed by atoms with E-state index in [1.54, 1.807) is 6.08 Å². The Balaban J connectivity index is 1.29. The topological polar surface area (TPSA) is 30.7 Å². The van der Waals surface area contributed by atoms with Crippen LogP contribution in [0, 0.1) is 0 Å². The number of rotatable bonds is 7. The Bertz CT molecular complexity index is 2580. The highest BCUT2D eigenvalue weighted by atomic mass is 32.1. The number of aromatic nitrogens is 3. The smallest absolute Gasteiger partial charge is 0.160 e. The van der Waals surface area contributed by atoms with Gasteiger partial charge in [0, 0.05) is 37.4 Å². The molecular weight excluding hydrogens is 615 g/mol. The molecule has 0 fully saturated rings. The molecule has 7 aromatic rings. The molecule has 0 saturated carbocycles. The quantitative estimate of drug-likeness (QED) is 0.161. The van der Waals surface area contributed by atoms with E-state index in [1.807, 2.05) is 49.5 Å². The molecule has 0 bridgehead atoms. The Morgan fingerprint density at radius 1 is 0.816 bits per heavy atom. The minimum Gasteiger partial charge on any atom is -0.300 e. The first-order valence-corrected chi connectivity index (χ1v) is 17.5. The molecule has 0 atom stereocenters. The lowest BCUT2D eigenvalue weighted by molar-refractivity contribution is 0.630. The molecule has 1 aliphatic rings. The normalized spacial score (nSPS) is 14.0. The lowest BCUT2D eigenvalue weighted by Gasteiger charge is -2.35. The van der Waals surface area contributed by atoms with Crippen molar-refractivity contribution < 1.29 is 0 Å². The average molecular weight is 652 g/mol. The molecule has 0 N–H and O–H groups in total. The molecule has 0 amide bonds. The molecule has 4 heterocycles. The predicted octanol–water partition coefficient (Wildman–Crippen LogP) is 12.6. The molecule has 4 aromatic carbocycles. The second-order valence-corrected chi connectivity index (χ2v) is 14.0. The second kappa shape index (κ2) is 11.8. The summed E-state index contributed by atoms with van der Waals surface area (Å²) in [5, 5.41) is 4.03. The Labute approximate surface area is 291 Å². The fourth-order valence-electron chi connectivity index (χ4n) is 7.47. The van der Waals surface area contributed by atoms with E-state index in [4.69, 9.17) is 9.97 Å².